The molecule has 3 nitrogen and oxygen atoms in total. The predicted octanol–water partition coefficient (Wildman–Crippen LogP) is 3.21. The Labute approximate surface area is 120 Å². The summed E-state index contributed by atoms with van der Waals surface area (Å²) in [4.78, 5) is 11.5. The van der Waals surface area contributed by atoms with Crippen molar-refractivity contribution in [1.29, 1.82) is 0 Å². The van der Waals surface area contributed by atoms with Crippen LogP contribution in [0.4, 0.5) is 0 Å². The number of hydrogen-bond donors (Lipinski definition) is 1. The molecule has 0 aliphatic heterocycles. The molecule has 0 saturated carbocycles. The number of benzene rings is 1. The lowest BCUT2D eigenvalue weighted by atomic mass is 10.1. The van der Waals surface area contributed by atoms with Crippen LogP contribution in [0.15, 0.2) is 24.3 Å². The van der Waals surface area contributed by atoms with Crippen LogP contribution in [0.3, 0.4) is 0 Å². The molecule has 0 unspecified atom stereocenters. The first kappa shape index (κ1) is 16.0. The molecule has 0 atom stereocenters. The summed E-state index contributed by atoms with van der Waals surface area (Å²) in [5.74, 6) is 0.116. The molecule has 0 radical (unpaired) electrons. The molecule has 1 rings (SSSR count). The van der Waals surface area contributed by atoms with Gasteiger partial charge in [0.25, 0.3) is 0 Å². The van der Waals surface area contributed by atoms with E-state index in [1.165, 1.54) is 5.56 Å². The lowest BCUT2D eigenvalue weighted by Gasteiger charge is -2.05. The summed E-state index contributed by atoms with van der Waals surface area (Å²) in [6.45, 7) is 4.10. The van der Waals surface area contributed by atoms with Crippen LogP contribution in [0.2, 0.25) is 5.02 Å². The molecule has 1 aromatic rings. The Balaban J connectivity index is 2.05. The maximum Gasteiger partial charge on any atom is 0.220 e. The van der Waals surface area contributed by atoms with E-state index in [0.29, 0.717) is 19.6 Å². The van der Waals surface area contributed by atoms with Crippen LogP contribution < -0.4 is 5.32 Å². The largest absolute Gasteiger partial charge is 0.382 e. The lowest BCUT2D eigenvalue weighted by Crippen LogP contribution is -2.25. The van der Waals surface area contributed by atoms with Gasteiger partial charge in [-0.15, -0.1) is 0 Å². The average molecular weight is 284 g/mol. The van der Waals surface area contributed by atoms with Crippen molar-refractivity contribution in [2.24, 2.45) is 0 Å². The van der Waals surface area contributed by atoms with Gasteiger partial charge in [0.1, 0.15) is 0 Å². The summed E-state index contributed by atoms with van der Waals surface area (Å²) >= 11 is 5.82. The van der Waals surface area contributed by atoms with E-state index in [-0.39, 0.29) is 5.91 Å². The minimum atomic E-state index is 0.116. The van der Waals surface area contributed by atoms with Gasteiger partial charge in [0, 0.05) is 31.2 Å². The van der Waals surface area contributed by atoms with Crippen molar-refractivity contribution in [1.82, 2.24) is 5.32 Å². The van der Waals surface area contributed by atoms with E-state index < -0.39 is 0 Å². The Bertz CT molecular complexity index is 365. The van der Waals surface area contributed by atoms with Gasteiger partial charge in [-0.25, -0.2) is 0 Å². The molecule has 0 aliphatic rings. The van der Waals surface area contributed by atoms with Gasteiger partial charge in [-0.2, -0.15) is 0 Å². The summed E-state index contributed by atoms with van der Waals surface area (Å²) in [6.07, 6.45) is 3.20. The van der Waals surface area contributed by atoms with Gasteiger partial charge in [-0.1, -0.05) is 23.7 Å². The van der Waals surface area contributed by atoms with Gasteiger partial charge in [0.15, 0.2) is 0 Å². The summed E-state index contributed by atoms with van der Waals surface area (Å²) in [5.41, 5.74) is 1.22. The van der Waals surface area contributed by atoms with Gasteiger partial charge in [-0.05, 0) is 43.9 Å². The number of rotatable bonds is 9. The highest BCUT2D eigenvalue weighted by Gasteiger charge is 2.01. The predicted molar refractivity (Wildman–Crippen MR) is 78.5 cm³/mol. The second-order valence-electron chi connectivity index (χ2n) is 4.38. The van der Waals surface area contributed by atoms with E-state index in [2.05, 4.69) is 5.32 Å². The summed E-state index contributed by atoms with van der Waals surface area (Å²) in [6, 6.07) is 7.76. The zero-order valence-corrected chi connectivity index (χ0v) is 12.2. The van der Waals surface area contributed by atoms with E-state index in [1.54, 1.807) is 0 Å². The zero-order chi connectivity index (χ0) is 13.9. The molecule has 0 fully saturated rings. The Morgan fingerprint density at radius 2 is 2.00 bits per heavy atom. The quantitative estimate of drug-likeness (QED) is 0.707. The van der Waals surface area contributed by atoms with Crippen molar-refractivity contribution < 1.29 is 9.53 Å². The van der Waals surface area contributed by atoms with Crippen LogP contribution in [0.25, 0.3) is 0 Å². The third-order valence-electron chi connectivity index (χ3n) is 2.77. The highest BCUT2D eigenvalue weighted by Crippen LogP contribution is 2.11. The highest BCUT2D eigenvalue weighted by molar-refractivity contribution is 6.30. The van der Waals surface area contributed by atoms with Crippen LogP contribution in [0.1, 0.15) is 31.7 Å². The van der Waals surface area contributed by atoms with E-state index in [1.807, 2.05) is 31.2 Å². The van der Waals surface area contributed by atoms with Crippen LogP contribution >= 0.6 is 11.6 Å². The molecule has 1 aromatic carbocycles. The molecule has 0 saturated heterocycles. The van der Waals surface area contributed by atoms with Crippen molar-refractivity contribution in [3.8, 4) is 0 Å². The first-order valence-corrected chi connectivity index (χ1v) is 7.19. The van der Waals surface area contributed by atoms with Gasteiger partial charge < -0.3 is 10.1 Å². The molecule has 19 heavy (non-hydrogen) atoms. The normalized spacial score (nSPS) is 10.4. The van der Waals surface area contributed by atoms with Crippen molar-refractivity contribution in [2.45, 2.75) is 32.6 Å². The van der Waals surface area contributed by atoms with Crippen LogP contribution in [-0.4, -0.2) is 25.7 Å². The summed E-state index contributed by atoms with van der Waals surface area (Å²) in [5, 5.41) is 3.64. The van der Waals surface area contributed by atoms with Crippen molar-refractivity contribution in [2.75, 3.05) is 19.8 Å². The number of aryl methyl sites for hydroxylation is 1. The molecule has 0 bridgehead atoms. The smallest absolute Gasteiger partial charge is 0.220 e. The monoisotopic (exact) mass is 283 g/mol. The second kappa shape index (κ2) is 9.82. The molecule has 0 heterocycles. The van der Waals surface area contributed by atoms with Gasteiger partial charge in [0.05, 0.1) is 0 Å². The Morgan fingerprint density at radius 3 is 2.68 bits per heavy atom. The van der Waals surface area contributed by atoms with Crippen LogP contribution in [-0.2, 0) is 16.0 Å². The molecule has 0 spiro atoms. The van der Waals surface area contributed by atoms with E-state index in [4.69, 9.17) is 16.3 Å². The SMILES string of the molecule is CCOCCCNC(=O)CCCc1ccc(Cl)cc1. The number of amides is 1. The fraction of sp³-hybridized carbons (Fsp3) is 0.533. The number of carbonyl (C=O) groups is 1. The third-order valence-corrected chi connectivity index (χ3v) is 3.03. The summed E-state index contributed by atoms with van der Waals surface area (Å²) in [7, 11) is 0. The third kappa shape index (κ3) is 7.85. The molecule has 1 N–H and O–H groups in total. The lowest BCUT2D eigenvalue weighted by molar-refractivity contribution is -0.121. The Hall–Kier alpha value is -1.06. The minimum absolute atomic E-state index is 0.116. The Morgan fingerprint density at radius 1 is 1.26 bits per heavy atom. The first-order valence-electron chi connectivity index (χ1n) is 6.81. The maximum atomic E-state index is 11.5. The number of carbonyl (C=O) groups excluding carboxylic acids is 1. The molecule has 0 aliphatic carbocycles. The number of nitrogens with one attached hydrogen (secondary N) is 1. The molecular formula is C15H22ClNO2. The number of hydrogen-bond acceptors (Lipinski definition) is 2. The fourth-order valence-corrected chi connectivity index (χ4v) is 1.86. The molecule has 4 heteroatoms. The van der Waals surface area contributed by atoms with Gasteiger partial charge in [-0.3, -0.25) is 4.79 Å². The van der Waals surface area contributed by atoms with Crippen molar-refractivity contribution in [3.63, 3.8) is 0 Å². The first-order chi connectivity index (χ1) is 9.22. The Kier molecular flexibility index (Phi) is 8.26. The molecule has 1 amide bonds. The standard InChI is InChI=1S/C15H22ClNO2/c1-2-19-12-4-11-17-15(18)6-3-5-13-7-9-14(16)10-8-13/h7-10H,2-6,11-12H2,1H3,(H,17,18). The van der Waals surface area contributed by atoms with E-state index >= 15 is 0 Å². The van der Waals surface area contributed by atoms with Crippen LogP contribution in [0, 0.1) is 0 Å². The summed E-state index contributed by atoms with van der Waals surface area (Å²) < 4.78 is 5.20. The molecule has 106 valence electrons. The van der Waals surface area contributed by atoms with Crippen molar-refractivity contribution >= 4 is 17.5 Å². The second-order valence-corrected chi connectivity index (χ2v) is 4.82. The van der Waals surface area contributed by atoms with E-state index in [9.17, 15) is 4.79 Å². The molecular weight excluding hydrogens is 262 g/mol. The maximum absolute atomic E-state index is 11.5. The zero-order valence-electron chi connectivity index (χ0n) is 11.5. The van der Waals surface area contributed by atoms with E-state index in [0.717, 1.165) is 30.9 Å². The number of ether oxygens (including phenoxy) is 1. The van der Waals surface area contributed by atoms with Crippen LogP contribution in [0.5, 0.6) is 0 Å². The van der Waals surface area contributed by atoms with Gasteiger partial charge in [0.2, 0.25) is 5.91 Å². The van der Waals surface area contributed by atoms with Crippen molar-refractivity contribution in [3.05, 3.63) is 34.9 Å². The minimum Gasteiger partial charge on any atom is -0.382 e. The number of halogens is 1. The van der Waals surface area contributed by atoms with Gasteiger partial charge >= 0.3 is 0 Å². The molecule has 0 aromatic heterocycles. The fourth-order valence-electron chi connectivity index (χ4n) is 1.74. The average Bonchev–Trinajstić information content (AvgIpc) is 2.41. The highest BCUT2D eigenvalue weighted by atomic mass is 35.5. The topological polar surface area (TPSA) is 38.3 Å².